The third-order valence-corrected chi connectivity index (χ3v) is 3.50. The summed E-state index contributed by atoms with van der Waals surface area (Å²) in [7, 11) is 0. The highest BCUT2D eigenvalue weighted by Crippen LogP contribution is 2.40. The van der Waals surface area contributed by atoms with E-state index in [1.807, 2.05) is 0 Å². The molecule has 1 heteroatoms. The maximum Gasteiger partial charge on any atom is 0.120 e. The molecule has 0 unspecified atom stereocenters. The smallest absolute Gasteiger partial charge is 0.120 e. The van der Waals surface area contributed by atoms with Gasteiger partial charge >= 0.3 is 0 Å². The van der Waals surface area contributed by atoms with Gasteiger partial charge in [0.2, 0.25) is 0 Å². The first-order valence-electron chi connectivity index (χ1n) is 5.47. The van der Waals surface area contributed by atoms with E-state index in [-0.39, 0.29) is 0 Å². The van der Waals surface area contributed by atoms with E-state index in [1.54, 1.807) is 0 Å². The molecule has 0 atom stereocenters. The Morgan fingerprint density at radius 3 is 2.08 bits per heavy atom. The molecule has 0 N–H and O–H groups in total. The Kier molecular flexibility index (Phi) is 3.52. The molecule has 0 aromatic carbocycles. The van der Waals surface area contributed by atoms with Gasteiger partial charge in [-0.3, -0.25) is 0 Å². The second-order valence-corrected chi connectivity index (χ2v) is 5.49. The highest BCUT2D eigenvalue weighted by molar-refractivity contribution is 5.49. The highest BCUT2D eigenvalue weighted by Gasteiger charge is 2.29. The quantitative estimate of drug-likeness (QED) is 0.598. The molecule has 0 spiro atoms. The third kappa shape index (κ3) is 3.13. The van der Waals surface area contributed by atoms with Gasteiger partial charge in [0.1, 0.15) is 6.29 Å². The molecule has 1 aliphatic carbocycles. The van der Waals surface area contributed by atoms with Gasteiger partial charge in [-0.1, -0.05) is 20.8 Å². The Hall–Kier alpha value is -0.330. The summed E-state index contributed by atoms with van der Waals surface area (Å²) in [4.78, 5) is 10.4. The van der Waals surface area contributed by atoms with E-state index in [0.29, 0.717) is 11.3 Å². The zero-order valence-corrected chi connectivity index (χ0v) is 9.18. The van der Waals surface area contributed by atoms with Crippen molar-refractivity contribution < 1.29 is 4.79 Å². The molecule has 0 aromatic rings. The lowest BCUT2D eigenvalue weighted by Crippen LogP contribution is -2.25. The molecule has 0 aromatic heterocycles. The van der Waals surface area contributed by atoms with Crippen molar-refractivity contribution in [2.45, 2.75) is 52.9 Å². The van der Waals surface area contributed by atoms with Crippen LogP contribution in [0, 0.1) is 17.3 Å². The summed E-state index contributed by atoms with van der Waals surface area (Å²) in [6.45, 7) is 6.99. The lowest BCUT2D eigenvalue weighted by Gasteiger charge is -2.36. The van der Waals surface area contributed by atoms with Crippen molar-refractivity contribution in [2.75, 3.05) is 0 Å². The van der Waals surface area contributed by atoms with Crippen molar-refractivity contribution in [3.05, 3.63) is 0 Å². The molecule has 1 saturated carbocycles. The molecule has 13 heavy (non-hydrogen) atoms. The molecule has 0 heterocycles. The van der Waals surface area contributed by atoms with Crippen LogP contribution in [0.5, 0.6) is 0 Å². The van der Waals surface area contributed by atoms with Crippen LogP contribution in [0.3, 0.4) is 0 Å². The largest absolute Gasteiger partial charge is 0.303 e. The topological polar surface area (TPSA) is 17.1 Å². The molecule has 1 aliphatic rings. The average Bonchev–Trinajstić information content (AvgIpc) is 2.04. The molecule has 1 nitrogen and oxygen atoms in total. The molecule has 0 amide bonds. The van der Waals surface area contributed by atoms with Crippen molar-refractivity contribution in [3.8, 4) is 0 Å². The number of hydrogen-bond donors (Lipinski definition) is 0. The van der Waals surface area contributed by atoms with Crippen LogP contribution >= 0.6 is 0 Å². The Morgan fingerprint density at radius 2 is 1.69 bits per heavy atom. The van der Waals surface area contributed by atoms with Crippen molar-refractivity contribution in [2.24, 2.45) is 17.3 Å². The number of hydrogen-bond acceptors (Lipinski definition) is 1. The van der Waals surface area contributed by atoms with Gasteiger partial charge in [0.05, 0.1) is 0 Å². The zero-order valence-electron chi connectivity index (χ0n) is 9.18. The fraction of sp³-hybridized carbons (Fsp3) is 0.917. The van der Waals surface area contributed by atoms with E-state index in [4.69, 9.17) is 0 Å². The summed E-state index contributed by atoms with van der Waals surface area (Å²) < 4.78 is 0. The molecule has 0 bridgehead atoms. The lowest BCUT2D eigenvalue weighted by molar-refractivity contribution is -0.108. The van der Waals surface area contributed by atoms with Crippen molar-refractivity contribution >= 4 is 6.29 Å². The molecule has 0 radical (unpaired) electrons. The summed E-state index contributed by atoms with van der Waals surface area (Å²) in [5.74, 6) is 1.56. The van der Waals surface area contributed by atoms with Crippen LogP contribution in [-0.4, -0.2) is 6.29 Å². The minimum atomic E-state index is 0.464. The van der Waals surface area contributed by atoms with Gasteiger partial charge in [-0.05, 0) is 42.9 Å². The number of carbonyl (C=O) groups is 1. The van der Waals surface area contributed by atoms with Crippen molar-refractivity contribution in [1.29, 1.82) is 0 Å². The first kappa shape index (κ1) is 10.7. The predicted molar refractivity (Wildman–Crippen MR) is 55.6 cm³/mol. The standard InChI is InChI=1S/C12H22O/c1-12(2,3)11-6-4-10(5-7-11)8-9-13/h9-11H,4-8H2,1-3H3/t10-,11-. The van der Waals surface area contributed by atoms with E-state index in [0.717, 1.165) is 18.6 Å². The summed E-state index contributed by atoms with van der Waals surface area (Å²) in [5.41, 5.74) is 0.464. The number of carbonyl (C=O) groups excluding carboxylic acids is 1. The average molecular weight is 182 g/mol. The Bertz CT molecular complexity index is 158. The van der Waals surface area contributed by atoms with Gasteiger partial charge in [-0.25, -0.2) is 0 Å². The van der Waals surface area contributed by atoms with Crippen LogP contribution in [0.4, 0.5) is 0 Å². The minimum Gasteiger partial charge on any atom is -0.303 e. The highest BCUT2D eigenvalue weighted by atomic mass is 16.1. The summed E-state index contributed by atoms with van der Waals surface area (Å²) >= 11 is 0. The third-order valence-electron chi connectivity index (χ3n) is 3.50. The minimum absolute atomic E-state index is 0.464. The summed E-state index contributed by atoms with van der Waals surface area (Å²) in [5, 5.41) is 0. The lowest BCUT2D eigenvalue weighted by atomic mass is 9.69. The maximum absolute atomic E-state index is 10.4. The Balaban J connectivity index is 2.34. The van der Waals surface area contributed by atoms with Crippen molar-refractivity contribution in [3.63, 3.8) is 0 Å². The van der Waals surface area contributed by atoms with Gasteiger partial charge < -0.3 is 4.79 Å². The van der Waals surface area contributed by atoms with Crippen LogP contribution in [0.15, 0.2) is 0 Å². The Labute approximate surface area is 81.9 Å². The zero-order chi connectivity index (χ0) is 9.90. The molecular formula is C12H22O. The van der Waals surface area contributed by atoms with Gasteiger partial charge in [0.15, 0.2) is 0 Å². The van der Waals surface area contributed by atoms with Gasteiger partial charge in [0.25, 0.3) is 0 Å². The van der Waals surface area contributed by atoms with E-state index >= 15 is 0 Å². The molecule has 1 fully saturated rings. The summed E-state index contributed by atoms with van der Waals surface area (Å²) in [6, 6.07) is 0. The van der Waals surface area contributed by atoms with Gasteiger partial charge in [-0.15, -0.1) is 0 Å². The van der Waals surface area contributed by atoms with Crippen molar-refractivity contribution in [1.82, 2.24) is 0 Å². The van der Waals surface area contributed by atoms with E-state index in [2.05, 4.69) is 20.8 Å². The fourth-order valence-electron chi connectivity index (χ4n) is 2.40. The maximum atomic E-state index is 10.4. The second-order valence-electron chi connectivity index (χ2n) is 5.49. The predicted octanol–water partition coefficient (Wildman–Crippen LogP) is 3.43. The number of aldehydes is 1. The first-order chi connectivity index (χ1) is 6.04. The molecule has 0 aliphatic heterocycles. The van der Waals surface area contributed by atoms with E-state index in [1.165, 1.54) is 25.7 Å². The van der Waals surface area contributed by atoms with Crippen LogP contribution < -0.4 is 0 Å². The fourth-order valence-corrected chi connectivity index (χ4v) is 2.40. The number of rotatable bonds is 2. The molecule has 0 saturated heterocycles. The van der Waals surface area contributed by atoms with Gasteiger partial charge in [0, 0.05) is 6.42 Å². The normalized spacial score (nSPS) is 30.1. The van der Waals surface area contributed by atoms with Crippen LogP contribution in [0.25, 0.3) is 0 Å². The van der Waals surface area contributed by atoms with Crippen LogP contribution in [0.2, 0.25) is 0 Å². The van der Waals surface area contributed by atoms with Crippen LogP contribution in [0.1, 0.15) is 52.9 Å². The SMILES string of the molecule is CC(C)(C)[C@H]1CC[C@H](CC=O)CC1. The first-order valence-corrected chi connectivity index (χ1v) is 5.47. The Morgan fingerprint density at radius 1 is 1.15 bits per heavy atom. The van der Waals surface area contributed by atoms with Crippen LogP contribution in [-0.2, 0) is 4.79 Å². The van der Waals surface area contributed by atoms with E-state index < -0.39 is 0 Å². The monoisotopic (exact) mass is 182 g/mol. The second kappa shape index (κ2) is 4.26. The molecule has 1 rings (SSSR count). The van der Waals surface area contributed by atoms with E-state index in [9.17, 15) is 4.79 Å². The summed E-state index contributed by atoms with van der Waals surface area (Å²) in [6.07, 6.45) is 7.05. The molecular weight excluding hydrogens is 160 g/mol. The van der Waals surface area contributed by atoms with Gasteiger partial charge in [-0.2, -0.15) is 0 Å². The molecule has 76 valence electrons.